The zero-order chi connectivity index (χ0) is 19.5. The van der Waals surface area contributed by atoms with Crippen molar-refractivity contribution >= 4 is 11.8 Å². The summed E-state index contributed by atoms with van der Waals surface area (Å²) < 4.78 is 1.99. The molecule has 1 aliphatic carbocycles. The van der Waals surface area contributed by atoms with E-state index in [0.29, 0.717) is 12.1 Å². The van der Waals surface area contributed by atoms with Crippen LogP contribution in [0.25, 0.3) is 11.3 Å². The average molecular weight is 384 g/mol. The molecule has 3 heterocycles. The molecule has 0 unspecified atom stereocenters. The maximum Gasteiger partial charge on any atom is 0.223 e. The van der Waals surface area contributed by atoms with Crippen molar-refractivity contribution in [1.82, 2.24) is 24.6 Å². The summed E-state index contributed by atoms with van der Waals surface area (Å²) in [6, 6.07) is 3.17. The molecule has 1 saturated carbocycles. The predicted molar refractivity (Wildman–Crippen MR) is 114 cm³/mol. The first-order chi connectivity index (χ1) is 13.6. The molecule has 1 aliphatic heterocycles. The van der Waals surface area contributed by atoms with E-state index in [1.165, 1.54) is 50.8 Å². The molecule has 2 aliphatic rings. The van der Waals surface area contributed by atoms with Crippen molar-refractivity contribution in [1.29, 1.82) is 0 Å². The number of hydrogen-bond acceptors (Lipinski definition) is 6. The van der Waals surface area contributed by atoms with Gasteiger partial charge in [-0.3, -0.25) is 4.68 Å². The Morgan fingerprint density at radius 2 is 1.82 bits per heavy atom. The highest BCUT2D eigenvalue weighted by Crippen LogP contribution is 2.32. The van der Waals surface area contributed by atoms with Crippen molar-refractivity contribution in [3.63, 3.8) is 0 Å². The third kappa shape index (κ3) is 4.14. The molecule has 7 nitrogen and oxygen atoms in total. The van der Waals surface area contributed by atoms with Gasteiger partial charge in [-0.1, -0.05) is 19.3 Å². The number of nitrogens with one attached hydrogen (secondary N) is 1. The molecule has 2 aromatic rings. The second-order valence-corrected chi connectivity index (χ2v) is 8.43. The van der Waals surface area contributed by atoms with Crippen LogP contribution in [0, 0.1) is 0 Å². The van der Waals surface area contributed by atoms with Crippen LogP contribution >= 0.6 is 0 Å². The van der Waals surface area contributed by atoms with Crippen molar-refractivity contribution < 1.29 is 0 Å². The van der Waals surface area contributed by atoms with Crippen LogP contribution in [0.1, 0.15) is 44.9 Å². The maximum absolute atomic E-state index is 4.84. The lowest BCUT2D eigenvalue weighted by Crippen LogP contribution is -2.42. The van der Waals surface area contributed by atoms with E-state index in [9.17, 15) is 0 Å². The molecule has 2 fully saturated rings. The number of aryl methyl sites for hydroxylation is 1. The smallest absolute Gasteiger partial charge is 0.223 e. The molecule has 0 bridgehead atoms. The fourth-order valence-corrected chi connectivity index (χ4v) is 4.59. The highest BCUT2D eigenvalue weighted by molar-refractivity contribution is 5.73. The predicted octanol–water partition coefficient (Wildman–Crippen LogP) is 3.15. The van der Waals surface area contributed by atoms with Crippen LogP contribution in [0.3, 0.4) is 0 Å². The standard InChI is InChI=1S/C21H33N7/c1-26(2)17-10-13-28(14-11-17)20-18(15-23-27(20)3)19-9-12-22-21(25-19)24-16-7-5-4-6-8-16/h9,12,15-17H,4-8,10-11,13-14H2,1-3H3,(H,22,24,25). The van der Waals surface area contributed by atoms with Crippen LogP contribution in [-0.4, -0.2) is 63.9 Å². The van der Waals surface area contributed by atoms with E-state index in [1.54, 1.807) is 0 Å². The molecule has 2 aromatic heterocycles. The lowest BCUT2D eigenvalue weighted by Gasteiger charge is -2.36. The summed E-state index contributed by atoms with van der Waals surface area (Å²) in [6.07, 6.45) is 12.5. The molecular formula is C21H33N7. The van der Waals surface area contributed by atoms with E-state index < -0.39 is 0 Å². The maximum atomic E-state index is 4.84. The topological polar surface area (TPSA) is 62.1 Å². The van der Waals surface area contributed by atoms with Gasteiger partial charge in [-0.2, -0.15) is 5.10 Å². The Kier molecular flexibility index (Phi) is 5.80. The molecule has 0 aromatic carbocycles. The minimum absolute atomic E-state index is 0.502. The summed E-state index contributed by atoms with van der Waals surface area (Å²) in [7, 11) is 6.38. The monoisotopic (exact) mass is 383 g/mol. The quantitative estimate of drug-likeness (QED) is 0.856. The minimum Gasteiger partial charge on any atom is -0.356 e. The fourth-order valence-electron chi connectivity index (χ4n) is 4.59. The Hall–Kier alpha value is -2.15. The summed E-state index contributed by atoms with van der Waals surface area (Å²) in [5.41, 5.74) is 2.05. The third-order valence-corrected chi connectivity index (χ3v) is 6.27. The third-order valence-electron chi connectivity index (χ3n) is 6.27. The van der Waals surface area contributed by atoms with Gasteiger partial charge in [0.25, 0.3) is 0 Å². The molecule has 4 rings (SSSR count). The van der Waals surface area contributed by atoms with E-state index in [1.807, 2.05) is 30.2 Å². The van der Waals surface area contributed by atoms with Crippen LogP contribution in [-0.2, 0) is 7.05 Å². The van der Waals surface area contributed by atoms with Gasteiger partial charge in [-0.15, -0.1) is 0 Å². The zero-order valence-electron chi connectivity index (χ0n) is 17.4. The second kappa shape index (κ2) is 8.47. The minimum atomic E-state index is 0.502. The van der Waals surface area contributed by atoms with Crippen LogP contribution in [0.5, 0.6) is 0 Å². The number of anilines is 2. The van der Waals surface area contributed by atoms with E-state index in [0.717, 1.165) is 30.3 Å². The SMILES string of the molecule is CN(C)C1CCN(c2c(-c3ccnc(NC4CCCCC4)n3)cnn2C)CC1. The summed E-state index contributed by atoms with van der Waals surface area (Å²) in [4.78, 5) is 14.1. The van der Waals surface area contributed by atoms with Crippen molar-refractivity contribution in [3.8, 4) is 11.3 Å². The van der Waals surface area contributed by atoms with E-state index >= 15 is 0 Å². The average Bonchev–Trinajstić information content (AvgIpc) is 3.10. The molecule has 152 valence electrons. The number of nitrogens with zero attached hydrogens (tertiary/aromatic N) is 6. The zero-order valence-corrected chi connectivity index (χ0v) is 17.4. The first-order valence-corrected chi connectivity index (χ1v) is 10.6. The van der Waals surface area contributed by atoms with Gasteiger partial charge in [-0.05, 0) is 45.8 Å². The van der Waals surface area contributed by atoms with Gasteiger partial charge in [0.05, 0.1) is 17.5 Å². The number of rotatable bonds is 5. The van der Waals surface area contributed by atoms with Gasteiger partial charge in [-0.25, -0.2) is 9.97 Å². The highest BCUT2D eigenvalue weighted by atomic mass is 15.4. The van der Waals surface area contributed by atoms with Gasteiger partial charge in [0.1, 0.15) is 5.82 Å². The Bertz CT molecular complexity index is 771. The first-order valence-electron chi connectivity index (χ1n) is 10.6. The van der Waals surface area contributed by atoms with Crippen LogP contribution < -0.4 is 10.2 Å². The second-order valence-electron chi connectivity index (χ2n) is 8.43. The van der Waals surface area contributed by atoms with Gasteiger partial charge < -0.3 is 15.1 Å². The summed E-state index contributed by atoms with van der Waals surface area (Å²) >= 11 is 0. The van der Waals surface area contributed by atoms with Gasteiger partial charge in [0.15, 0.2) is 0 Å². The molecule has 0 spiro atoms. The molecule has 1 N–H and O–H groups in total. The van der Waals surface area contributed by atoms with E-state index in [-0.39, 0.29) is 0 Å². The normalized spacial score (nSPS) is 19.4. The summed E-state index contributed by atoms with van der Waals surface area (Å²) in [5, 5.41) is 8.10. The van der Waals surface area contributed by atoms with Crippen molar-refractivity contribution in [2.24, 2.45) is 7.05 Å². The lowest BCUT2D eigenvalue weighted by molar-refractivity contribution is 0.249. The molecule has 0 radical (unpaired) electrons. The van der Waals surface area contributed by atoms with Crippen molar-refractivity contribution in [2.45, 2.75) is 57.0 Å². The number of piperidine rings is 1. The Labute approximate surface area is 168 Å². The van der Waals surface area contributed by atoms with Crippen molar-refractivity contribution in [3.05, 3.63) is 18.5 Å². The van der Waals surface area contributed by atoms with Crippen molar-refractivity contribution in [2.75, 3.05) is 37.4 Å². The van der Waals surface area contributed by atoms with Crippen LogP contribution in [0.4, 0.5) is 11.8 Å². The molecule has 7 heteroatoms. The Balaban J connectivity index is 1.53. The van der Waals surface area contributed by atoms with Crippen LogP contribution in [0.2, 0.25) is 0 Å². The summed E-state index contributed by atoms with van der Waals surface area (Å²) in [6.45, 7) is 2.10. The molecular weight excluding hydrogens is 350 g/mol. The van der Waals surface area contributed by atoms with Gasteiger partial charge in [0.2, 0.25) is 5.95 Å². The van der Waals surface area contributed by atoms with E-state index in [4.69, 9.17) is 4.98 Å². The highest BCUT2D eigenvalue weighted by Gasteiger charge is 2.25. The van der Waals surface area contributed by atoms with Crippen LogP contribution in [0.15, 0.2) is 18.5 Å². The molecule has 0 amide bonds. The van der Waals surface area contributed by atoms with Gasteiger partial charge in [0, 0.05) is 38.4 Å². The summed E-state index contributed by atoms with van der Waals surface area (Å²) in [5.74, 6) is 1.91. The number of hydrogen-bond donors (Lipinski definition) is 1. The lowest BCUT2D eigenvalue weighted by atomic mass is 9.96. The Morgan fingerprint density at radius 1 is 1.07 bits per heavy atom. The fraction of sp³-hybridized carbons (Fsp3) is 0.667. The van der Waals surface area contributed by atoms with E-state index in [2.05, 4.69) is 39.3 Å². The molecule has 0 atom stereocenters. The Morgan fingerprint density at radius 3 is 2.54 bits per heavy atom. The first kappa shape index (κ1) is 19.2. The van der Waals surface area contributed by atoms with Gasteiger partial charge >= 0.3 is 0 Å². The largest absolute Gasteiger partial charge is 0.356 e. The molecule has 1 saturated heterocycles. The molecule has 28 heavy (non-hydrogen) atoms. The number of aromatic nitrogens is 4.